The molecule has 0 aliphatic carbocycles. The fourth-order valence-corrected chi connectivity index (χ4v) is 2.02. The van der Waals surface area contributed by atoms with Crippen molar-refractivity contribution in [3.05, 3.63) is 45.8 Å². The number of aryl methyl sites for hydroxylation is 1. The molecule has 0 atom stereocenters. The van der Waals surface area contributed by atoms with Gasteiger partial charge >= 0.3 is 5.97 Å². The number of benzene rings is 1. The van der Waals surface area contributed by atoms with E-state index in [1.165, 1.54) is 4.57 Å². The molecular weight excluding hydrogens is 254 g/mol. The van der Waals surface area contributed by atoms with Gasteiger partial charge in [0.1, 0.15) is 0 Å². The Balaban J connectivity index is 2.30. The molecule has 0 spiro atoms. The first kappa shape index (κ1) is 12.6. The van der Waals surface area contributed by atoms with Gasteiger partial charge in [0.15, 0.2) is 0 Å². The van der Waals surface area contributed by atoms with Crippen LogP contribution in [0.2, 0.25) is 5.02 Å². The van der Waals surface area contributed by atoms with E-state index < -0.39 is 5.97 Å². The van der Waals surface area contributed by atoms with Crippen LogP contribution < -0.4 is 5.56 Å². The van der Waals surface area contributed by atoms with Crippen LogP contribution in [-0.2, 0) is 11.3 Å². The van der Waals surface area contributed by atoms with E-state index in [9.17, 15) is 9.59 Å². The molecule has 18 heavy (non-hydrogen) atoms. The van der Waals surface area contributed by atoms with E-state index in [2.05, 4.69) is 0 Å². The summed E-state index contributed by atoms with van der Waals surface area (Å²) in [4.78, 5) is 22.5. The van der Waals surface area contributed by atoms with E-state index in [-0.39, 0.29) is 12.0 Å². The van der Waals surface area contributed by atoms with Crippen LogP contribution in [-0.4, -0.2) is 15.6 Å². The lowest BCUT2D eigenvalue weighted by molar-refractivity contribution is -0.137. The van der Waals surface area contributed by atoms with Crippen LogP contribution in [0, 0.1) is 0 Å². The van der Waals surface area contributed by atoms with Crippen molar-refractivity contribution in [1.82, 2.24) is 4.57 Å². The van der Waals surface area contributed by atoms with Crippen LogP contribution in [0.3, 0.4) is 0 Å². The molecule has 2 rings (SSSR count). The number of pyridine rings is 1. The average molecular weight is 266 g/mol. The van der Waals surface area contributed by atoms with Crippen LogP contribution in [0.15, 0.2) is 35.3 Å². The predicted molar refractivity (Wildman–Crippen MR) is 70.1 cm³/mol. The summed E-state index contributed by atoms with van der Waals surface area (Å²) in [6, 6.07) is 6.91. The zero-order valence-corrected chi connectivity index (χ0v) is 10.4. The number of carbonyl (C=O) groups is 1. The van der Waals surface area contributed by atoms with E-state index in [1.54, 1.807) is 24.4 Å². The van der Waals surface area contributed by atoms with Crippen LogP contribution in [0.1, 0.15) is 12.8 Å². The smallest absolute Gasteiger partial charge is 0.303 e. The molecule has 0 radical (unpaired) electrons. The summed E-state index contributed by atoms with van der Waals surface area (Å²) >= 11 is 5.86. The minimum Gasteiger partial charge on any atom is -0.481 e. The van der Waals surface area contributed by atoms with Crippen molar-refractivity contribution in [1.29, 1.82) is 0 Å². The Bertz CT molecular complexity index is 648. The molecule has 1 aromatic carbocycles. The average Bonchev–Trinajstić information content (AvgIpc) is 2.31. The Morgan fingerprint density at radius 1 is 1.33 bits per heavy atom. The molecule has 1 N–H and O–H groups in total. The molecule has 0 saturated carbocycles. The lowest BCUT2D eigenvalue weighted by Crippen LogP contribution is -2.19. The summed E-state index contributed by atoms with van der Waals surface area (Å²) in [6.07, 6.45) is 2.17. The molecule has 94 valence electrons. The van der Waals surface area contributed by atoms with Crippen molar-refractivity contribution >= 4 is 28.3 Å². The summed E-state index contributed by atoms with van der Waals surface area (Å²) in [5.74, 6) is -0.851. The van der Waals surface area contributed by atoms with Crippen LogP contribution >= 0.6 is 11.6 Å². The summed E-state index contributed by atoms with van der Waals surface area (Å²) in [5, 5.41) is 10.5. The van der Waals surface area contributed by atoms with Gasteiger partial charge in [-0.05, 0) is 36.1 Å². The molecule has 0 aliphatic rings. The minimum atomic E-state index is -0.851. The van der Waals surface area contributed by atoms with Gasteiger partial charge in [-0.15, -0.1) is 0 Å². The lowest BCUT2D eigenvalue weighted by Gasteiger charge is -2.06. The number of hydrogen-bond donors (Lipinski definition) is 1. The van der Waals surface area contributed by atoms with Crippen LogP contribution in [0.4, 0.5) is 0 Å². The molecule has 0 saturated heterocycles. The maximum atomic E-state index is 12.1. The highest BCUT2D eigenvalue weighted by Crippen LogP contribution is 2.16. The van der Waals surface area contributed by atoms with Gasteiger partial charge in [0, 0.05) is 29.6 Å². The lowest BCUT2D eigenvalue weighted by atomic mass is 10.2. The number of hydrogen-bond acceptors (Lipinski definition) is 2. The van der Waals surface area contributed by atoms with Crippen molar-refractivity contribution in [2.75, 3.05) is 0 Å². The van der Waals surface area contributed by atoms with Gasteiger partial charge in [-0.1, -0.05) is 11.6 Å². The molecule has 0 bridgehead atoms. The molecule has 1 heterocycles. The third-order valence-electron chi connectivity index (χ3n) is 2.73. The molecule has 0 aliphatic heterocycles. The van der Waals surface area contributed by atoms with Crippen molar-refractivity contribution < 1.29 is 9.90 Å². The number of rotatable bonds is 4. The first-order valence-electron chi connectivity index (χ1n) is 5.58. The third-order valence-corrected chi connectivity index (χ3v) is 2.96. The Kier molecular flexibility index (Phi) is 3.67. The number of fused-ring (bicyclic) bond motifs is 1. The van der Waals surface area contributed by atoms with E-state index in [4.69, 9.17) is 16.7 Å². The maximum Gasteiger partial charge on any atom is 0.303 e. The van der Waals surface area contributed by atoms with Gasteiger partial charge in [0.05, 0.1) is 0 Å². The first-order valence-corrected chi connectivity index (χ1v) is 5.96. The summed E-state index contributed by atoms with van der Waals surface area (Å²) < 4.78 is 1.53. The minimum absolute atomic E-state index is 0.0606. The van der Waals surface area contributed by atoms with E-state index in [1.807, 2.05) is 6.07 Å². The largest absolute Gasteiger partial charge is 0.481 e. The molecule has 0 amide bonds. The second-order valence-electron chi connectivity index (χ2n) is 4.04. The summed E-state index contributed by atoms with van der Waals surface area (Å²) in [5.41, 5.74) is -0.116. The van der Waals surface area contributed by atoms with Gasteiger partial charge in [-0.3, -0.25) is 9.59 Å². The zero-order valence-electron chi connectivity index (χ0n) is 9.60. The molecular formula is C13H12ClNO3. The monoisotopic (exact) mass is 265 g/mol. The van der Waals surface area contributed by atoms with Gasteiger partial charge in [-0.25, -0.2) is 0 Å². The van der Waals surface area contributed by atoms with Crippen molar-refractivity contribution in [3.63, 3.8) is 0 Å². The van der Waals surface area contributed by atoms with Gasteiger partial charge in [0.2, 0.25) is 0 Å². The fraction of sp³-hybridized carbons (Fsp3) is 0.231. The van der Waals surface area contributed by atoms with Crippen molar-refractivity contribution in [2.24, 2.45) is 0 Å². The molecule has 0 fully saturated rings. The summed E-state index contributed by atoms with van der Waals surface area (Å²) in [7, 11) is 0. The molecule has 4 nitrogen and oxygen atoms in total. The normalized spacial score (nSPS) is 10.7. The van der Waals surface area contributed by atoms with Crippen molar-refractivity contribution in [2.45, 2.75) is 19.4 Å². The molecule has 2 aromatic rings. The number of nitrogens with zero attached hydrogens (tertiary/aromatic N) is 1. The zero-order chi connectivity index (χ0) is 13.1. The van der Waals surface area contributed by atoms with Gasteiger partial charge in [0.25, 0.3) is 5.56 Å². The van der Waals surface area contributed by atoms with E-state index in [0.29, 0.717) is 23.4 Å². The summed E-state index contributed by atoms with van der Waals surface area (Å²) in [6.45, 7) is 0.406. The number of carboxylic acid groups (broad SMARTS) is 1. The second kappa shape index (κ2) is 5.23. The van der Waals surface area contributed by atoms with E-state index in [0.717, 1.165) is 5.39 Å². The third kappa shape index (κ3) is 2.71. The Morgan fingerprint density at radius 2 is 2.11 bits per heavy atom. The Morgan fingerprint density at radius 3 is 2.83 bits per heavy atom. The molecule has 1 aromatic heterocycles. The van der Waals surface area contributed by atoms with Gasteiger partial charge < -0.3 is 9.67 Å². The highest BCUT2D eigenvalue weighted by molar-refractivity contribution is 6.31. The van der Waals surface area contributed by atoms with Crippen molar-refractivity contribution in [3.8, 4) is 0 Å². The number of aliphatic carboxylic acids is 1. The number of halogens is 1. The van der Waals surface area contributed by atoms with Crippen LogP contribution in [0.25, 0.3) is 10.8 Å². The first-order chi connectivity index (χ1) is 8.58. The predicted octanol–water partition coefficient (Wildman–Crippen LogP) is 2.52. The van der Waals surface area contributed by atoms with E-state index >= 15 is 0 Å². The second-order valence-corrected chi connectivity index (χ2v) is 4.48. The highest BCUT2D eigenvalue weighted by atomic mass is 35.5. The standard InChI is InChI=1S/C13H12ClNO3/c14-10-3-4-11-9(8-10)5-7-15(13(11)18)6-1-2-12(16)17/h3-5,7-8H,1-2,6H2,(H,16,17). The van der Waals surface area contributed by atoms with Gasteiger partial charge in [-0.2, -0.15) is 0 Å². The SMILES string of the molecule is O=C(O)CCCn1ccc2cc(Cl)ccc2c1=O. The maximum absolute atomic E-state index is 12.1. The molecule has 0 unspecified atom stereocenters. The quantitative estimate of drug-likeness (QED) is 0.924. The number of carboxylic acids is 1. The highest BCUT2D eigenvalue weighted by Gasteiger charge is 2.04. The topological polar surface area (TPSA) is 59.3 Å². The molecule has 5 heteroatoms. The number of aromatic nitrogens is 1. The Labute approximate surface area is 108 Å². The van der Waals surface area contributed by atoms with Crippen LogP contribution in [0.5, 0.6) is 0 Å². The Hall–Kier alpha value is -1.81. The fourth-order valence-electron chi connectivity index (χ4n) is 1.84.